The smallest absolute Gasteiger partial charge is 0.189 e. The largest absolute Gasteiger partial charge is 0.492 e. The highest BCUT2D eigenvalue weighted by molar-refractivity contribution is 5.78. The van der Waals surface area contributed by atoms with Crippen molar-refractivity contribution in [2.45, 2.75) is 51.1 Å². The Morgan fingerprint density at radius 1 is 1.19 bits per heavy atom. The quantitative estimate of drug-likeness (QED) is 0.436. The molecule has 3 rings (SSSR count). The van der Waals surface area contributed by atoms with E-state index in [0.29, 0.717) is 25.2 Å². The monoisotopic (exact) mass is 374 g/mol. The zero-order valence-electron chi connectivity index (χ0n) is 16.4. The summed E-state index contributed by atoms with van der Waals surface area (Å²) >= 11 is 0. The number of nitrogens with zero attached hydrogens (tertiary/aromatic N) is 2. The van der Waals surface area contributed by atoms with Gasteiger partial charge in [-0.2, -0.15) is 0 Å². The van der Waals surface area contributed by atoms with Crippen molar-refractivity contribution in [3.05, 3.63) is 29.8 Å². The van der Waals surface area contributed by atoms with Gasteiger partial charge in [0, 0.05) is 25.7 Å². The minimum Gasteiger partial charge on any atom is -0.492 e. The second-order valence-electron chi connectivity index (χ2n) is 7.48. The summed E-state index contributed by atoms with van der Waals surface area (Å²) in [5, 5.41) is 3.40. The SMILES string of the molecule is NC(=NCc1cccc(OCCN2CCOCC2)c1)NC1CCCCCC1. The molecule has 1 aliphatic heterocycles. The van der Waals surface area contributed by atoms with Crippen LogP contribution in [0, 0.1) is 0 Å². The summed E-state index contributed by atoms with van der Waals surface area (Å²) in [5.74, 6) is 1.45. The standard InChI is InChI=1S/C21H34N4O2/c22-21(24-19-7-3-1-2-4-8-19)23-17-18-6-5-9-20(16-18)27-15-12-25-10-13-26-14-11-25/h5-6,9,16,19H,1-4,7-8,10-15,17H2,(H3,22,23,24). The van der Waals surface area contributed by atoms with Crippen LogP contribution in [0.3, 0.4) is 0 Å². The summed E-state index contributed by atoms with van der Waals surface area (Å²) < 4.78 is 11.3. The molecule has 150 valence electrons. The summed E-state index contributed by atoms with van der Waals surface area (Å²) in [6, 6.07) is 8.62. The van der Waals surface area contributed by atoms with Crippen molar-refractivity contribution >= 4 is 5.96 Å². The van der Waals surface area contributed by atoms with Gasteiger partial charge in [-0.15, -0.1) is 0 Å². The molecule has 0 radical (unpaired) electrons. The molecule has 6 heteroatoms. The maximum atomic E-state index is 6.10. The maximum absolute atomic E-state index is 6.10. The number of rotatable bonds is 7. The first-order valence-electron chi connectivity index (χ1n) is 10.4. The van der Waals surface area contributed by atoms with Crippen LogP contribution in [-0.4, -0.2) is 56.4 Å². The second-order valence-corrected chi connectivity index (χ2v) is 7.48. The van der Waals surface area contributed by atoms with Crippen molar-refractivity contribution in [1.82, 2.24) is 10.2 Å². The van der Waals surface area contributed by atoms with E-state index in [2.05, 4.69) is 27.3 Å². The van der Waals surface area contributed by atoms with Gasteiger partial charge in [0.1, 0.15) is 12.4 Å². The molecule has 0 unspecified atom stereocenters. The van der Waals surface area contributed by atoms with E-state index >= 15 is 0 Å². The third kappa shape index (κ3) is 7.39. The summed E-state index contributed by atoms with van der Waals surface area (Å²) in [4.78, 5) is 6.89. The molecule has 3 N–H and O–H groups in total. The van der Waals surface area contributed by atoms with Gasteiger partial charge in [-0.3, -0.25) is 4.90 Å². The fourth-order valence-corrected chi connectivity index (χ4v) is 3.71. The summed E-state index contributed by atoms with van der Waals surface area (Å²) in [7, 11) is 0. The number of hydrogen-bond acceptors (Lipinski definition) is 4. The highest BCUT2D eigenvalue weighted by atomic mass is 16.5. The van der Waals surface area contributed by atoms with E-state index in [1.54, 1.807) is 0 Å². The van der Waals surface area contributed by atoms with E-state index in [-0.39, 0.29) is 0 Å². The number of benzene rings is 1. The van der Waals surface area contributed by atoms with Gasteiger partial charge in [-0.1, -0.05) is 37.8 Å². The zero-order valence-corrected chi connectivity index (χ0v) is 16.4. The van der Waals surface area contributed by atoms with Gasteiger partial charge >= 0.3 is 0 Å². The van der Waals surface area contributed by atoms with Crippen molar-refractivity contribution in [3.8, 4) is 5.75 Å². The lowest BCUT2D eigenvalue weighted by Gasteiger charge is -2.26. The first-order chi connectivity index (χ1) is 13.3. The predicted molar refractivity (Wildman–Crippen MR) is 109 cm³/mol. The molecule has 0 bridgehead atoms. The van der Waals surface area contributed by atoms with Gasteiger partial charge in [0.2, 0.25) is 0 Å². The number of hydrogen-bond donors (Lipinski definition) is 2. The van der Waals surface area contributed by atoms with Gasteiger partial charge in [0.05, 0.1) is 19.8 Å². The molecule has 1 heterocycles. The maximum Gasteiger partial charge on any atom is 0.189 e. The number of morpholine rings is 1. The summed E-state index contributed by atoms with van der Waals surface area (Å²) in [5.41, 5.74) is 7.21. The van der Waals surface area contributed by atoms with Crippen LogP contribution < -0.4 is 15.8 Å². The van der Waals surface area contributed by atoms with E-state index in [0.717, 1.165) is 44.2 Å². The molecule has 1 saturated carbocycles. The predicted octanol–water partition coefficient (Wildman–Crippen LogP) is 2.52. The van der Waals surface area contributed by atoms with Crippen molar-refractivity contribution < 1.29 is 9.47 Å². The van der Waals surface area contributed by atoms with E-state index in [9.17, 15) is 0 Å². The Kier molecular flexibility index (Phi) is 8.24. The Morgan fingerprint density at radius 3 is 2.74 bits per heavy atom. The van der Waals surface area contributed by atoms with E-state index in [1.807, 2.05) is 12.1 Å². The third-order valence-electron chi connectivity index (χ3n) is 5.32. The fraction of sp³-hybridized carbons (Fsp3) is 0.667. The van der Waals surface area contributed by atoms with Crippen LogP contribution in [0.25, 0.3) is 0 Å². The van der Waals surface area contributed by atoms with Gasteiger partial charge < -0.3 is 20.5 Å². The molecule has 1 aliphatic carbocycles. The molecule has 0 aromatic heterocycles. The summed E-state index contributed by atoms with van der Waals surface area (Å²) in [6.45, 7) is 5.83. The molecule has 0 amide bonds. The lowest BCUT2D eigenvalue weighted by molar-refractivity contribution is 0.0322. The lowest BCUT2D eigenvalue weighted by Crippen LogP contribution is -2.39. The van der Waals surface area contributed by atoms with Crippen LogP contribution in [0.2, 0.25) is 0 Å². The highest BCUT2D eigenvalue weighted by Gasteiger charge is 2.12. The van der Waals surface area contributed by atoms with Crippen LogP contribution in [-0.2, 0) is 11.3 Å². The van der Waals surface area contributed by atoms with Crippen molar-refractivity contribution in [2.75, 3.05) is 39.5 Å². The summed E-state index contributed by atoms with van der Waals surface area (Å²) in [6.07, 6.45) is 7.65. The van der Waals surface area contributed by atoms with Gasteiger partial charge in [-0.25, -0.2) is 4.99 Å². The van der Waals surface area contributed by atoms with Crippen LogP contribution >= 0.6 is 0 Å². The number of nitrogens with two attached hydrogens (primary N) is 1. The van der Waals surface area contributed by atoms with E-state index in [4.69, 9.17) is 15.2 Å². The zero-order chi connectivity index (χ0) is 18.7. The second kappa shape index (κ2) is 11.1. The molecule has 1 aromatic rings. The van der Waals surface area contributed by atoms with E-state index < -0.39 is 0 Å². The Balaban J connectivity index is 1.42. The molecular formula is C21H34N4O2. The Hall–Kier alpha value is -1.79. The fourth-order valence-electron chi connectivity index (χ4n) is 3.71. The van der Waals surface area contributed by atoms with Crippen LogP contribution in [0.1, 0.15) is 44.1 Å². The number of ether oxygens (including phenoxy) is 2. The van der Waals surface area contributed by atoms with E-state index in [1.165, 1.54) is 38.5 Å². The van der Waals surface area contributed by atoms with Gasteiger partial charge in [0.15, 0.2) is 5.96 Å². The van der Waals surface area contributed by atoms with Crippen molar-refractivity contribution in [3.63, 3.8) is 0 Å². The molecule has 2 fully saturated rings. The van der Waals surface area contributed by atoms with Crippen LogP contribution in [0.5, 0.6) is 5.75 Å². The number of guanidine groups is 1. The number of nitrogens with one attached hydrogen (secondary N) is 1. The topological polar surface area (TPSA) is 72.1 Å². The Morgan fingerprint density at radius 2 is 1.96 bits per heavy atom. The first kappa shape index (κ1) is 20.0. The third-order valence-corrected chi connectivity index (χ3v) is 5.32. The Labute approximate surface area is 163 Å². The van der Waals surface area contributed by atoms with Gasteiger partial charge in [0.25, 0.3) is 0 Å². The van der Waals surface area contributed by atoms with Crippen molar-refractivity contribution in [1.29, 1.82) is 0 Å². The first-order valence-corrected chi connectivity index (χ1v) is 10.4. The molecular weight excluding hydrogens is 340 g/mol. The lowest BCUT2D eigenvalue weighted by atomic mass is 10.1. The molecule has 27 heavy (non-hydrogen) atoms. The molecule has 1 aromatic carbocycles. The van der Waals surface area contributed by atoms with Crippen LogP contribution in [0.4, 0.5) is 0 Å². The Bertz CT molecular complexity index is 579. The van der Waals surface area contributed by atoms with Crippen molar-refractivity contribution in [2.24, 2.45) is 10.7 Å². The van der Waals surface area contributed by atoms with Gasteiger partial charge in [-0.05, 0) is 30.5 Å². The minimum absolute atomic E-state index is 0.478. The normalized spacial score (nSPS) is 20.2. The number of aliphatic imine (C=N–C) groups is 1. The minimum atomic E-state index is 0.478. The molecule has 1 saturated heterocycles. The highest BCUT2D eigenvalue weighted by Crippen LogP contribution is 2.17. The average molecular weight is 375 g/mol. The molecule has 2 aliphatic rings. The average Bonchev–Trinajstić information content (AvgIpc) is 2.96. The molecule has 0 spiro atoms. The molecule has 6 nitrogen and oxygen atoms in total. The van der Waals surface area contributed by atoms with Crippen LogP contribution in [0.15, 0.2) is 29.3 Å². The molecule has 0 atom stereocenters.